The number of nitrogens with zero attached hydrogens (tertiary/aromatic N) is 3. The van der Waals surface area contributed by atoms with Crippen LogP contribution in [0.5, 0.6) is 0 Å². The van der Waals surface area contributed by atoms with E-state index in [4.69, 9.17) is 9.47 Å². The molecule has 1 atom stereocenters. The van der Waals surface area contributed by atoms with Crippen LogP contribution in [-0.4, -0.2) is 60.8 Å². The first-order chi connectivity index (χ1) is 10.7. The number of carbonyl (C=O) groups is 1. The minimum Gasteiger partial charge on any atom is -0.376 e. The molecule has 122 valence electrons. The second kappa shape index (κ2) is 8.65. The maximum atomic E-state index is 12.0. The number of nitrogens with one attached hydrogen (secondary N) is 1. The van der Waals surface area contributed by atoms with Crippen LogP contribution in [0.2, 0.25) is 0 Å². The second-order valence-electron chi connectivity index (χ2n) is 5.42. The van der Waals surface area contributed by atoms with Crippen LogP contribution < -0.4 is 5.32 Å². The molecule has 0 spiro atoms. The summed E-state index contributed by atoms with van der Waals surface area (Å²) < 4.78 is 11.0. The molecule has 0 bridgehead atoms. The zero-order valence-corrected chi connectivity index (χ0v) is 13.2. The Kier molecular flexibility index (Phi) is 6.54. The fourth-order valence-corrected chi connectivity index (χ4v) is 2.25. The molecule has 1 aromatic rings. The lowest BCUT2D eigenvalue weighted by Crippen LogP contribution is -2.32. The summed E-state index contributed by atoms with van der Waals surface area (Å²) in [5.41, 5.74) is 0.880. The molecule has 0 aromatic carbocycles. The van der Waals surface area contributed by atoms with Gasteiger partial charge >= 0.3 is 0 Å². The van der Waals surface area contributed by atoms with Crippen molar-refractivity contribution in [3.63, 3.8) is 0 Å². The van der Waals surface area contributed by atoms with E-state index in [1.807, 2.05) is 0 Å². The van der Waals surface area contributed by atoms with Gasteiger partial charge in [-0.1, -0.05) is 0 Å². The van der Waals surface area contributed by atoms with Crippen LogP contribution >= 0.6 is 0 Å². The van der Waals surface area contributed by atoms with Gasteiger partial charge in [0.1, 0.15) is 6.61 Å². The lowest BCUT2D eigenvalue weighted by Gasteiger charge is -2.23. The van der Waals surface area contributed by atoms with Gasteiger partial charge < -0.3 is 19.7 Å². The Morgan fingerprint density at radius 3 is 2.86 bits per heavy atom. The smallest absolute Gasteiger partial charge is 0.248 e. The number of rotatable bonds is 7. The van der Waals surface area contributed by atoms with Crippen molar-refractivity contribution in [3.05, 3.63) is 18.0 Å². The second-order valence-corrected chi connectivity index (χ2v) is 5.42. The Bertz CT molecular complexity index is 460. The third-order valence-corrected chi connectivity index (χ3v) is 3.58. The van der Waals surface area contributed by atoms with Crippen molar-refractivity contribution in [3.8, 4) is 0 Å². The minimum absolute atomic E-state index is 0.0616. The van der Waals surface area contributed by atoms with Crippen molar-refractivity contribution < 1.29 is 14.3 Å². The summed E-state index contributed by atoms with van der Waals surface area (Å²) in [5.74, 6) is 0.502. The molecule has 0 saturated carbocycles. The monoisotopic (exact) mass is 308 g/mol. The summed E-state index contributed by atoms with van der Waals surface area (Å²) in [4.78, 5) is 21.9. The fraction of sp³-hybridized carbons (Fsp3) is 0.667. The highest BCUT2D eigenvalue weighted by Gasteiger charge is 2.15. The molecule has 0 aliphatic carbocycles. The zero-order chi connectivity index (χ0) is 15.8. The van der Waals surface area contributed by atoms with Gasteiger partial charge in [0.25, 0.3) is 0 Å². The average molecular weight is 308 g/mol. The fourth-order valence-electron chi connectivity index (χ4n) is 2.25. The van der Waals surface area contributed by atoms with E-state index in [-0.39, 0.29) is 18.6 Å². The molecule has 7 nitrogen and oxygen atoms in total. The first-order valence-corrected chi connectivity index (χ1v) is 7.61. The third-order valence-electron chi connectivity index (χ3n) is 3.58. The van der Waals surface area contributed by atoms with Crippen molar-refractivity contribution in [2.45, 2.75) is 31.9 Å². The molecule has 1 aromatic heterocycles. The number of anilines is 1. The molecule has 1 saturated heterocycles. The van der Waals surface area contributed by atoms with Crippen LogP contribution in [0.1, 0.15) is 24.8 Å². The molecule has 2 heterocycles. The van der Waals surface area contributed by atoms with Crippen LogP contribution in [0, 0.1) is 0 Å². The number of hydrogen-bond acceptors (Lipinski definition) is 6. The third kappa shape index (κ3) is 5.23. The van der Waals surface area contributed by atoms with Crippen molar-refractivity contribution in [1.29, 1.82) is 0 Å². The Hall–Kier alpha value is -1.73. The van der Waals surface area contributed by atoms with E-state index in [0.717, 1.165) is 25.0 Å². The van der Waals surface area contributed by atoms with Crippen LogP contribution in [0.15, 0.2) is 12.4 Å². The molecular formula is C15H24N4O3. The SMILES string of the molecule is CNc1ncc(CN(C)C(=O)COC[C@H]2CCCCO2)cn1. The van der Waals surface area contributed by atoms with Crippen molar-refractivity contribution >= 4 is 11.9 Å². The van der Waals surface area contributed by atoms with Gasteiger partial charge in [-0.05, 0) is 19.3 Å². The quantitative estimate of drug-likeness (QED) is 0.812. The summed E-state index contributed by atoms with van der Waals surface area (Å²) in [7, 11) is 3.51. The van der Waals surface area contributed by atoms with E-state index in [9.17, 15) is 4.79 Å². The van der Waals surface area contributed by atoms with Crippen LogP contribution in [0.4, 0.5) is 5.95 Å². The Balaban J connectivity index is 1.69. The van der Waals surface area contributed by atoms with Crippen LogP contribution in [-0.2, 0) is 20.8 Å². The molecule has 0 radical (unpaired) electrons. The number of hydrogen-bond donors (Lipinski definition) is 1. The topological polar surface area (TPSA) is 76.6 Å². The molecule has 2 rings (SSSR count). The molecule has 1 aliphatic heterocycles. The maximum Gasteiger partial charge on any atom is 0.248 e. The predicted octanol–water partition coefficient (Wildman–Crippen LogP) is 1.06. The van der Waals surface area contributed by atoms with Gasteiger partial charge in [0.2, 0.25) is 11.9 Å². The van der Waals surface area contributed by atoms with Crippen molar-refractivity contribution in [1.82, 2.24) is 14.9 Å². The molecule has 1 N–H and O–H groups in total. The van der Waals surface area contributed by atoms with Gasteiger partial charge in [0.15, 0.2) is 0 Å². The van der Waals surface area contributed by atoms with Gasteiger partial charge in [-0.15, -0.1) is 0 Å². The summed E-state index contributed by atoms with van der Waals surface area (Å²) in [6, 6.07) is 0. The first kappa shape index (κ1) is 16.6. The molecule has 0 unspecified atom stereocenters. The number of ether oxygens (including phenoxy) is 2. The Morgan fingerprint density at radius 2 is 2.23 bits per heavy atom. The van der Waals surface area contributed by atoms with E-state index < -0.39 is 0 Å². The van der Waals surface area contributed by atoms with Gasteiger partial charge in [-0.2, -0.15) is 0 Å². The zero-order valence-electron chi connectivity index (χ0n) is 13.2. The van der Waals surface area contributed by atoms with Gasteiger partial charge in [-0.25, -0.2) is 9.97 Å². The molecule has 22 heavy (non-hydrogen) atoms. The maximum absolute atomic E-state index is 12.0. The Labute approximate surface area is 131 Å². The largest absolute Gasteiger partial charge is 0.376 e. The Morgan fingerprint density at radius 1 is 1.45 bits per heavy atom. The lowest BCUT2D eigenvalue weighted by molar-refractivity contribution is -0.137. The number of amides is 1. The highest BCUT2D eigenvalue weighted by molar-refractivity contribution is 5.77. The van der Waals surface area contributed by atoms with Crippen LogP contribution in [0.25, 0.3) is 0 Å². The first-order valence-electron chi connectivity index (χ1n) is 7.61. The highest BCUT2D eigenvalue weighted by Crippen LogP contribution is 2.12. The molecule has 1 fully saturated rings. The molecular weight excluding hydrogens is 284 g/mol. The van der Waals surface area contributed by atoms with Crippen LogP contribution in [0.3, 0.4) is 0 Å². The number of aromatic nitrogens is 2. The summed E-state index contributed by atoms with van der Waals surface area (Å²) in [6.07, 6.45) is 6.85. The van der Waals surface area contributed by atoms with Crippen molar-refractivity contribution in [2.24, 2.45) is 0 Å². The summed E-state index contributed by atoms with van der Waals surface area (Å²) >= 11 is 0. The van der Waals surface area contributed by atoms with Gasteiger partial charge in [-0.3, -0.25) is 4.79 Å². The minimum atomic E-state index is -0.0616. The lowest BCUT2D eigenvalue weighted by atomic mass is 10.1. The van der Waals surface area contributed by atoms with Crippen molar-refractivity contribution in [2.75, 3.05) is 39.2 Å². The highest BCUT2D eigenvalue weighted by atomic mass is 16.5. The normalized spacial score (nSPS) is 18.0. The summed E-state index contributed by atoms with van der Waals surface area (Å²) in [6.45, 7) is 1.82. The summed E-state index contributed by atoms with van der Waals surface area (Å²) in [5, 5.41) is 2.85. The molecule has 1 aliphatic rings. The van der Waals surface area contributed by atoms with E-state index in [0.29, 0.717) is 19.1 Å². The number of carbonyl (C=O) groups excluding carboxylic acids is 1. The molecule has 1 amide bonds. The van der Waals surface area contributed by atoms with Gasteiger partial charge in [0.05, 0.1) is 12.7 Å². The average Bonchev–Trinajstić information content (AvgIpc) is 2.56. The number of likely N-dealkylation sites (N-methyl/N-ethyl adjacent to an activating group) is 1. The predicted molar refractivity (Wildman–Crippen MR) is 82.5 cm³/mol. The standard InChI is InChI=1S/C15H24N4O3/c1-16-15-17-7-12(8-18-15)9-19(2)14(20)11-21-10-13-5-3-4-6-22-13/h7-8,13H,3-6,9-11H2,1-2H3,(H,16,17,18)/t13-/m1/s1. The van der Waals surface area contributed by atoms with Gasteiger partial charge in [0, 0.05) is 45.2 Å². The van der Waals surface area contributed by atoms with E-state index >= 15 is 0 Å². The van der Waals surface area contributed by atoms with E-state index in [1.165, 1.54) is 6.42 Å². The van der Waals surface area contributed by atoms with E-state index in [2.05, 4.69) is 15.3 Å². The van der Waals surface area contributed by atoms with E-state index in [1.54, 1.807) is 31.4 Å². The molecule has 7 heteroatoms.